The number of hydrogen-bond acceptors (Lipinski definition) is 4. The molecule has 0 bridgehead atoms. The Kier molecular flexibility index (Phi) is 5.60. The predicted molar refractivity (Wildman–Crippen MR) is 110 cm³/mol. The Morgan fingerprint density at radius 2 is 1.86 bits per heavy atom. The van der Waals surface area contributed by atoms with Crippen molar-refractivity contribution in [3.05, 3.63) is 59.8 Å². The van der Waals surface area contributed by atoms with Crippen LogP contribution in [-0.4, -0.2) is 71.5 Å². The minimum absolute atomic E-state index is 0.0423. The minimum Gasteiger partial charge on any atom is -0.383 e. The fourth-order valence-electron chi connectivity index (χ4n) is 3.65. The largest absolute Gasteiger partial charge is 0.383 e. The monoisotopic (exact) mass is 396 g/mol. The van der Waals surface area contributed by atoms with E-state index in [1.807, 2.05) is 33.7 Å². The van der Waals surface area contributed by atoms with Crippen LogP contribution in [0, 0.1) is 12.7 Å². The van der Waals surface area contributed by atoms with E-state index in [4.69, 9.17) is 4.74 Å². The lowest BCUT2D eigenvalue weighted by Crippen LogP contribution is -2.49. The van der Waals surface area contributed by atoms with Crippen molar-refractivity contribution < 1.29 is 13.9 Å². The number of amides is 1. The van der Waals surface area contributed by atoms with Crippen LogP contribution in [0.5, 0.6) is 0 Å². The smallest absolute Gasteiger partial charge is 0.274 e. The standard InChI is InChI=1S/C22H25FN4O2/c1-16-13-17(3-5-19(16)23)18-4-6-21-24-20(15-27(21)14-18)22(28)26-9-7-25(8-10-26)11-12-29-2/h3-6,13-15H,7-12H2,1-2H3. The molecule has 0 saturated carbocycles. The van der Waals surface area contributed by atoms with Crippen molar-refractivity contribution >= 4 is 11.6 Å². The number of aryl methyl sites for hydroxylation is 1. The molecule has 1 aliphatic rings. The second-order valence-electron chi connectivity index (χ2n) is 7.40. The molecule has 29 heavy (non-hydrogen) atoms. The Hall–Kier alpha value is -2.77. The summed E-state index contributed by atoms with van der Waals surface area (Å²) in [7, 11) is 1.70. The van der Waals surface area contributed by atoms with Gasteiger partial charge in [0, 0.05) is 52.2 Å². The summed E-state index contributed by atoms with van der Waals surface area (Å²) in [6.45, 7) is 6.41. The van der Waals surface area contributed by atoms with Gasteiger partial charge in [-0.2, -0.15) is 0 Å². The summed E-state index contributed by atoms with van der Waals surface area (Å²) < 4.78 is 20.5. The molecule has 0 aliphatic carbocycles. The highest BCUT2D eigenvalue weighted by molar-refractivity contribution is 5.93. The number of aromatic nitrogens is 2. The summed E-state index contributed by atoms with van der Waals surface area (Å²) in [4.78, 5) is 21.5. The zero-order valence-electron chi connectivity index (χ0n) is 16.8. The van der Waals surface area contributed by atoms with Gasteiger partial charge in [-0.25, -0.2) is 9.37 Å². The second kappa shape index (κ2) is 8.31. The molecule has 7 heteroatoms. The van der Waals surface area contributed by atoms with Crippen LogP contribution < -0.4 is 0 Å². The molecule has 0 N–H and O–H groups in total. The number of fused-ring (bicyclic) bond motifs is 1. The van der Waals surface area contributed by atoms with Gasteiger partial charge >= 0.3 is 0 Å². The maximum Gasteiger partial charge on any atom is 0.274 e. The molecule has 1 aromatic carbocycles. The van der Waals surface area contributed by atoms with E-state index >= 15 is 0 Å². The highest BCUT2D eigenvalue weighted by Crippen LogP contribution is 2.23. The molecule has 6 nitrogen and oxygen atoms in total. The van der Waals surface area contributed by atoms with E-state index in [2.05, 4.69) is 9.88 Å². The van der Waals surface area contributed by atoms with E-state index in [9.17, 15) is 9.18 Å². The van der Waals surface area contributed by atoms with Crippen molar-refractivity contribution in [1.82, 2.24) is 19.2 Å². The Morgan fingerprint density at radius 3 is 2.59 bits per heavy atom. The Morgan fingerprint density at radius 1 is 1.10 bits per heavy atom. The number of hydrogen-bond donors (Lipinski definition) is 0. The molecular weight excluding hydrogens is 371 g/mol. The molecule has 0 atom stereocenters. The van der Waals surface area contributed by atoms with Gasteiger partial charge in [0.15, 0.2) is 0 Å². The highest BCUT2D eigenvalue weighted by Gasteiger charge is 2.23. The molecule has 152 valence electrons. The lowest BCUT2D eigenvalue weighted by atomic mass is 10.1. The van der Waals surface area contributed by atoms with Crippen molar-refractivity contribution in [2.24, 2.45) is 0 Å². The third-order valence-corrected chi connectivity index (χ3v) is 5.43. The Labute approximate surface area is 169 Å². The number of piperazine rings is 1. The minimum atomic E-state index is -0.215. The first-order valence-corrected chi connectivity index (χ1v) is 9.81. The first-order chi connectivity index (χ1) is 14.0. The zero-order chi connectivity index (χ0) is 20.4. The van der Waals surface area contributed by atoms with Crippen LogP contribution in [0.15, 0.2) is 42.7 Å². The van der Waals surface area contributed by atoms with Crippen molar-refractivity contribution in [1.29, 1.82) is 0 Å². The summed E-state index contributed by atoms with van der Waals surface area (Å²) in [5.74, 6) is -0.257. The van der Waals surface area contributed by atoms with Crippen molar-refractivity contribution in [2.75, 3.05) is 46.4 Å². The number of rotatable bonds is 5. The number of benzene rings is 1. The van der Waals surface area contributed by atoms with Gasteiger partial charge in [0.05, 0.1) is 6.61 Å². The number of pyridine rings is 1. The van der Waals surface area contributed by atoms with Crippen LogP contribution in [0.25, 0.3) is 16.8 Å². The topological polar surface area (TPSA) is 50.1 Å². The van der Waals surface area contributed by atoms with E-state index in [-0.39, 0.29) is 11.7 Å². The second-order valence-corrected chi connectivity index (χ2v) is 7.40. The van der Waals surface area contributed by atoms with Gasteiger partial charge in [0.2, 0.25) is 0 Å². The van der Waals surface area contributed by atoms with E-state index in [1.54, 1.807) is 26.3 Å². The summed E-state index contributed by atoms with van der Waals surface area (Å²) in [6, 6.07) is 8.88. The van der Waals surface area contributed by atoms with E-state index in [0.717, 1.165) is 36.4 Å². The third kappa shape index (κ3) is 4.16. The number of halogens is 1. The van der Waals surface area contributed by atoms with Crippen LogP contribution in [0.2, 0.25) is 0 Å². The predicted octanol–water partition coefficient (Wildman–Crippen LogP) is 2.85. The third-order valence-electron chi connectivity index (χ3n) is 5.43. The van der Waals surface area contributed by atoms with Crippen molar-refractivity contribution in [3.8, 4) is 11.1 Å². The zero-order valence-corrected chi connectivity index (χ0v) is 16.8. The van der Waals surface area contributed by atoms with Gasteiger partial charge in [-0.1, -0.05) is 6.07 Å². The van der Waals surface area contributed by atoms with Crippen LogP contribution in [0.1, 0.15) is 16.1 Å². The Balaban J connectivity index is 1.50. The average molecular weight is 396 g/mol. The van der Waals surface area contributed by atoms with Gasteiger partial charge < -0.3 is 14.0 Å². The van der Waals surface area contributed by atoms with Crippen molar-refractivity contribution in [2.45, 2.75) is 6.92 Å². The number of carbonyl (C=O) groups is 1. The number of ether oxygens (including phenoxy) is 1. The van der Waals surface area contributed by atoms with Crippen LogP contribution in [0.3, 0.4) is 0 Å². The molecule has 1 saturated heterocycles. The van der Waals surface area contributed by atoms with Gasteiger partial charge in [-0.3, -0.25) is 9.69 Å². The molecule has 2 aromatic heterocycles. The molecule has 1 fully saturated rings. The molecule has 0 radical (unpaired) electrons. The quantitative estimate of drug-likeness (QED) is 0.666. The number of imidazole rings is 1. The average Bonchev–Trinajstić information content (AvgIpc) is 3.17. The lowest BCUT2D eigenvalue weighted by Gasteiger charge is -2.34. The van der Waals surface area contributed by atoms with Gasteiger partial charge in [-0.05, 0) is 47.9 Å². The van der Waals surface area contributed by atoms with Crippen LogP contribution in [-0.2, 0) is 4.74 Å². The molecule has 4 rings (SSSR count). The number of methoxy groups -OCH3 is 1. The van der Waals surface area contributed by atoms with Gasteiger partial charge in [-0.15, -0.1) is 0 Å². The summed E-state index contributed by atoms with van der Waals surface area (Å²) in [5.41, 5.74) is 3.65. The fourth-order valence-corrected chi connectivity index (χ4v) is 3.65. The maximum atomic E-state index is 13.6. The SMILES string of the molecule is COCCN1CCN(C(=O)c2cn3cc(-c4ccc(F)c(C)c4)ccc3n2)CC1. The molecular formula is C22H25FN4O2. The normalized spacial score (nSPS) is 15.2. The van der Waals surface area contributed by atoms with Gasteiger partial charge in [0.1, 0.15) is 17.2 Å². The summed E-state index contributed by atoms with van der Waals surface area (Å²) in [6.07, 6.45) is 3.70. The first kappa shape index (κ1) is 19.5. The number of carbonyl (C=O) groups excluding carboxylic acids is 1. The van der Waals surface area contributed by atoms with Crippen LogP contribution in [0.4, 0.5) is 4.39 Å². The lowest BCUT2D eigenvalue weighted by molar-refractivity contribution is 0.0589. The molecule has 1 aliphatic heterocycles. The molecule has 3 aromatic rings. The molecule has 3 heterocycles. The maximum absolute atomic E-state index is 13.6. The van der Waals surface area contributed by atoms with Gasteiger partial charge in [0.25, 0.3) is 5.91 Å². The summed E-state index contributed by atoms with van der Waals surface area (Å²) >= 11 is 0. The highest BCUT2D eigenvalue weighted by atomic mass is 19.1. The number of nitrogens with zero attached hydrogens (tertiary/aromatic N) is 4. The van der Waals surface area contributed by atoms with Crippen molar-refractivity contribution in [3.63, 3.8) is 0 Å². The summed E-state index contributed by atoms with van der Waals surface area (Å²) in [5, 5.41) is 0. The fraction of sp³-hybridized carbons (Fsp3) is 0.364. The first-order valence-electron chi connectivity index (χ1n) is 9.81. The van der Waals surface area contributed by atoms with E-state index < -0.39 is 0 Å². The Bertz CT molecular complexity index is 1020. The molecule has 0 unspecified atom stereocenters. The van der Waals surface area contributed by atoms with E-state index in [0.29, 0.717) is 31.0 Å². The van der Waals surface area contributed by atoms with E-state index in [1.165, 1.54) is 6.07 Å². The molecule has 0 spiro atoms. The van der Waals surface area contributed by atoms with Crippen LogP contribution >= 0.6 is 0 Å². The molecule has 1 amide bonds.